The van der Waals surface area contributed by atoms with E-state index in [0.717, 1.165) is 26.0 Å². The van der Waals surface area contributed by atoms with Gasteiger partial charge in [-0.25, -0.2) is 9.97 Å². The van der Waals surface area contributed by atoms with E-state index in [9.17, 15) is 0 Å². The number of nitrogens with zero attached hydrogens (tertiary/aromatic N) is 2. The van der Waals surface area contributed by atoms with E-state index in [1.165, 1.54) is 6.33 Å². The van der Waals surface area contributed by atoms with Gasteiger partial charge in [0.15, 0.2) is 0 Å². The number of nitrogen functional groups attached to an aromatic ring is 1. The lowest BCUT2D eigenvalue weighted by molar-refractivity contribution is 0.0900. The van der Waals surface area contributed by atoms with Gasteiger partial charge in [0.1, 0.15) is 23.0 Å². The van der Waals surface area contributed by atoms with Gasteiger partial charge in [0, 0.05) is 19.1 Å². The zero-order valence-corrected chi connectivity index (χ0v) is 10.6. The Hall–Kier alpha value is -1.07. The summed E-state index contributed by atoms with van der Waals surface area (Å²) in [6.45, 7) is 3.78. The van der Waals surface area contributed by atoms with Crippen molar-refractivity contribution in [1.29, 1.82) is 0 Å². The summed E-state index contributed by atoms with van der Waals surface area (Å²) in [6, 6.07) is 0. The number of halogens is 1. The first-order valence-electron chi connectivity index (χ1n) is 5.83. The average molecular weight is 257 g/mol. The lowest BCUT2D eigenvalue weighted by Gasteiger charge is -2.17. The predicted molar refractivity (Wildman–Crippen MR) is 68.1 cm³/mol. The maximum absolute atomic E-state index is 6.01. The third-order valence-electron chi connectivity index (χ3n) is 3.10. The second-order valence-corrected chi connectivity index (χ2v) is 4.55. The molecule has 0 radical (unpaired) electrons. The van der Waals surface area contributed by atoms with Crippen LogP contribution in [0.4, 0.5) is 11.6 Å². The maximum atomic E-state index is 6.01. The SMILES string of the molecule is CCC1OCCC1CNc1ncnc(N)c1Cl. The molecular formula is C11H17ClN4O. The zero-order valence-electron chi connectivity index (χ0n) is 9.82. The predicted octanol–water partition coefficient (Wildman–Crippen LogP) is 1.94. The van der Waals surface area contributed by atoms with Gasteiger partial charge in [0.05, 0.1) is 6.10 Å². The van der Waals surface area contributed by atoms with Crippen LogP contribution in [-0.2, 0) is 4.74 Å². The van der Waals surface area contributed by atoms with Crippen molar-refractivity contribution in [1.82, 2.24) is 9.97 Å². The number of ether oxygens (including phenoxy) is 1. The Morgan fingerprint density at radius 1 is 1.59 bits per heavy atom. The Bertz CT molecular complexity index is 388. The van der Waals surface area contributed by atoms with E-state index in [1.807, 2.05) is 0 Å². The molecule has 1 aromatic heterocycles. The second kappa shape index (κ2) is 5.51. The Kier molecular flexibility index (Phi) is 4.02. The fraction of sp³-hybridized carbons (Fsp3) is 0.636. The first kappa shape index (κ1) is 12.4. The fourth-order valence-corrected chi connectivity index (χ4v) is 2.28. The molecule has 3 N–H and O–H groups in total. The first-order chi connectivity index (χ1) is 8.22. The highest BCUT2D eigenvalue weighted by Gasteiger charge is 2.26. The topological polar surface area (TPSA) is 73.1 Å². The fourth-order valence-electron chi connectivity index (χ4n) is 2.11. The minimum Gasteiger partial charge on any atom is -0.382 e. The smallest absolute Gasteiger partial charge is 0.150 e. The third kappa shape index (κ3) is 2.79. The molecule has 94 valence electrons. The lowest BCUT2D eigenvalue weighted by atomic mass is 10.00. The molecule has 17 heavy (non-hydrogen) atoms. The van der Waals surface area contributed by atoms with Crippen LogP contribution < -0.4 is 11.1 Å². The first-order valence-corrected chi connectivity index (χ1v) is 6.21. The van der Waals surface area contributed by atoms with E-state index >= 15 is 0 Å². The van der Waals surface area contributed by atoms with Crippen LogP contribution in [0, 0.1) is 5.92 Å². The van der Waals surface area contributed by atoms with E-state index in [2.05, 4.69) is 22.2 Å². The molecule has 5 nitrogen and oxygen atoms in total. The quantitative estimate of drug-likeness (QED) is 0.861. The Morgan fingerprint density at radius 3 is 3.18 bits per heavy atom. The summed E-state index contributed by atoms with van der Waals surface area (Å²) < 4.78 is 5.63. The molecule has 1 aliphatic heterocycles. The average Bonchev–Trinajstić information content (AvgIpc) is 2.78. The van der Waals surface area contributed by atoms with Crippen molar-refractivity contribution in [2.45, 2.75) is 25.9 Å². The van der Waals surface area contributed by atoms with E-state index in [0.29, 0.717) is 28.7 Å². The van der Waals surface area contributed by atoms with Crippen LogP contribution in [0.2, 0.25) is 5.02 Å². The summed E-state index contributed by atoms with van der Waals surface area (Å²) in [5, 5.41) is 3.61. The molecule has 2 unspecified atom stereocenters. The molecule has 6 heteroatoms. The minimum atomic E-state index is 0.305. The summed E-state index contributed by atoms with van der Waals surface area (Å²) >= 11 is 6.01. The highest BCUT2D eigenvalue weighted by atomic mass is 35.5. The van der Waals surface area contributed by atoms with Crippen LogP contribution in [-0.4, -0.2) is 29.2 Å². The van der Waals surface area contributed by atoms with Gasteiger partial charge in [-0.1, -0.05) is 18.5 Å². The van der Waals surface area contributed by atoms with Crippen molar-refractivity contribution >= 4 is 23.2 Å². The van der Waals surface area contributed by atoms with Gasteiger partial charge in [-0.15, -0.1) is 0 Å². The summed E-state index contributed by atoms with van der Waals surface area (Å²) in [5.74, 6) is 1.41. The molecule has 1 aromatic rings. The number of anilines is 2. The molecule has 2 heterocycles. The Labute approximate surface area is 106 Å². The van der Waals surface area contributed by atoms with Gasteiger partial charge >= 0.3 is 0 Å². The molecule has 2 atom stereocenters. The van der Waals surface area contributed by atoms with Crippen molar-refractivity contribution in [3.8, 4) is 0 Å². The van der Waals surface area contributed by atoms with Crippen molar-refractivity contribution in [2.75, 3.05) is 24.2 Å². The molecule has 2 rings (SSSR count). The van der Waals surface area contributed by atoms with Gasteiger partial charge in [0.25, 0.3) is 0 Å². The van der Waals surface area contributed by atoms with Crippen molar-refractivity contribution in [3.05, 3.63) is 11.3 Å². The van der Waals surface area contributed by atoms with Crippen LogP contribution in [0.25, 0.3) is 0 Å². The van der Waals surface area contributed by atoms with Crippen molar-refractivity contribution in [2.24, 2.45) is 5.92 Å². The van der Waals surface area contributed by atoms with E-state index in [1.54, 1.807) is 0 Å². The summed E-state index contributed by atoms with van der Waals surface area (Å²) in [7, 11) is 0. The summed E-state index contributed by atoms with van der Waals surface area (Å²) in [4.78, 5) is 7.90. The summed E-state index contributed by atoms with van der Waals surface area (Å²) in [5.41, 5.74) is 5.61. The molecule has 0 saturated carbocycles. The van der Waals surface area contributed by atoms with Crippen LogP contribution in [0.3, 0.4) is 0 Å². The summed E-state index contributed by atoms with van der Waals surface area (Å²) in [6.07, 6.45) is 3.85. The van der Waals surface area contributed by atoms with Gasteiger partial charge in [0.2, 0.25) is 0 Å². The van der Waals surface area contributed by atoms with E-state index in [4.69, 9.17) is 22.1 Å². The standard InChI is InChI=1S/C11H17ClN4O/c1-2-8-7(3-4-17-8)5-14-11-9(12)10(13)15-6-16-11/h6-8H,2-5H2,1H3,(H3,13,14,15,16). The number of nitrogens with one attached hydrogen (secondary N) is 1. The number of rotatable bonds is 4. The molecule has 0 aliphatic carbocycles. The van der Waals surface area contributed by atoms with Crippen LogP contribution >= 0.6 is 11.6 Å². The number of nitrogens with two attached hydrogens (primary N) is 1. The lowest BCUT2D eigenvalue weighted by Crippen LogP contribution is -2.23. The highest BCUT2D eigenvalue weighted by Crippen LogP contribution is 2.26. The molecule has 1 saturated heterocycles. The van der Waals surface area contributed by atoms with E-state index < -0.39 is 0 Å². The number of hydrogen-bond donors (Lipinski definition) is 2. The zero-order chi connectivity index (χ0) is 12.3. The van der Waals surface area contributed by atoms with E-state index in [-0.39, 0.29) is 0 Å². The largest absolute Gasteiger partial charge is 0.382 e. The van der Waals surface area contributed by atoms with Crippen LogP contribution in [0.1, 0.15) is 19.8 Å². The normalized spacial score (nSPS) is 23.9. The Morgan fingerprint density at radius 2 is 2.41 bits per heavy atom. The highest BCUT2D eigenvalue weighted by molar-refractivity contribution is 6.35. The molecule has 1 fully saturated rings. The number of aromatic nitrogens is 2. The van der Waals surface area contributed by atoms with Crippen molar-refractivity contribution < 1.29 is 4.74 Å². The maximum Gasteiger partial charge on any atom is 0.150 e. The van der Waals surface area contributed by atoms with Gasteiger partial charge in [-0.3, -0.25) is 0 Å². The minimum absolute atomic E-state index is 0.305. The van der Waals surface area contributed by atoms with Crippen LogP contribution in [0.15, 0.2) is 6.33 Å². The molecular weight excluding hydrogens is 240 g/mol. The van der Waals surface area contributed by atoms with Gasteiger partial charge in [-0.05, 0) is 12.8 Å². The molecule has 0 aromatic carbocycles. The molecule has 0 bridgehead atoms. The van der Waals surface area contributed by atoms with Crippen LogP contribution in [0.5, 0.6) is 0 Å². The molecule has 0 spiro atoms. The second-order valence-electron chi connectivity index (χ2n) is 4.17. The van der Waals surface area contributed by atoms with Gasteiger partial charge in [-0.2, -0.15) is 0 Å². The monoisotopic (exact) mass is 256 g/mol. The molecule has 1 aliphatic rings. The third-order valence-corrected chi connectivity index (χ3v) is 3.47. The van der Waals surface area contributed by atoms with Crippen molar-refractivity contribution in [3.63, 3.8) is 0 Å². The van der Waals surface area contributed by atoms with Gasteiger partial charge < -0.3 is 15.8 Å². The number of hydrogen-bond acceptors (Lipinski definition) is 5. The Balaban J connectivity index is 1.95. The molecule has 0 amide bonds.